The van der Waals surface area contributed by atoms with Crippen LogP contribution >= 0.6 is 0 Å². The van der Waals surface area contributed by atoms with Gasteiger partial charge in [0.1, 0.15) is 30.5 Å². The van der Waals surface area contributed by atoms with Crippen molar-refractivity contribution in [2.45, 2.75) is 193 Å². The van der Waals surface area contributed by atoms with Crippen molar-refractivity contribution >= 4 is 35.5 Å². The molecule has 338 valence electrons. The van der Waals surface area contributed by atoms with Crippen LogP contribution in [-0.2, 0) is 33.4 Å². The Labute approximate surface area is 359 Å². The van der Waals surface area contributed by atoms with E-state index in [1.807, 2.05) is 0 Å². The van der Waals surface area contributed by atoms with Gasteiger partial charge in [-0.05, 0) is 64.0 Å². The Hall–Kier alpha value is -4.16. The summed E-state index contributed by atoms with van der Waals surface area (Å²) in [6.45, 7) is 5.02. The molecule has 0 aliphatic carbocycles. The second kappa shape index (κ2) is 30.8. The minimum atomic E-state index is -0.996. The minimum absolute atomic E-state index is 0.0115. The molecule has 4 atom stereocenters. The Morgan fingerprint density at radius 1 is 0.850 bits per heavy atom. The number of carbonyl (C=O) groups excluding carboxylic acids is 5. The number of esters is 1. The van der Waals surface area contributed by atoms with Gasteiger partial charge in [-0.15, -0.1) is 0 Å². The van der Waals surface area contributed by atoms with Gasteiger partial charge in [0.2, 0.25) is 29.5 Å². The number of carbonyl (C=O) groups is 5. The Balaban J connectivity index is 1.33. The van der Waals surface area contributed by atoms with Crippen LogP contribution in [0.2, 0.25) is 0 Å². The highest BCUT2D eigenvalue weighted by Crippen LogP contribution is 2.21. The number of amides is 4. The lowest BCUT2D eigenvalue weighted by Crippen LogP contribution is -2.48. The van der Waals surface area contributed by atoms with Crippen molar-refractivity contribution in [3.8, 4) is 5.75 Å². The lowest BCUT2D eigenvalue weighted by atomic mass is 10.0. The fourth-order valence-corrected chi connectivity index (χ4v) is 7.70. The Bertz CT molecular complexity index is 1450. The van der Waals surface area contributed by atoms with Gasteiger partial charge in [0.05, 0.1) is 24.4 Å². The van der Waals surface area contributed by atoms with Crippen molar-refractivity contribution in [2.24, 2.45) is 10.9 Å². The molecule has 1 fully saturated rings. The number of hydrogen-bond acceptors (Lipinski definition) is 9. The molecule has 60 heavy (non-hydrogen) atoms. The monoisotopic (exact) mass is 840 g/mol. The lowest BCUT2D eigenvalue weighted by molar-refractivity contribution is -0.154. The van der Waals surface area contributed by atoms with E-state index in [4.69, 9.17) is 9.47 Å². The number of rotatable bonds is 31. The van der Waals surface area contributed by atoms with Crippen LogP contribution in [0.3, 0.4) is 0 Å². The van der Waals surface area contributed by atoms with E-state index in [0.717, 1.165) is 32.1 Å². The molecule has 2 heterocycles. The minimum Gasteiger partial charge on any atom is -0.507 e. The number of unbranched alkanes of at least 4 members (excludes halogenated alkanes) is 17. The number of hydrogen-bond donors (Lipinski definition) is 5. The smallest absolute Gasteiger partial charge is 0.328 e. The molecule has 1 saturated heterocycles. The molecule has 13 heteroatoms. The van der Waals surface area contributed by atoms with E-state index in [0.29, 0.717) is 44.3 Å². The highest BCUT2D eigenvalue weighted by molar-refractivity contribution is 5.97. The second-order valence-corrected chi connectivity index (χ2v) is 16.8. The first kappa shape index (κ1) is 50.2. The summed E-state index contributed by atoms with van der Waals surface area (Å²) in [6.07, 6.45) is 25.2. The van der Waals surface area contributed by atoms with Gasteiger partial charge >= 0.3 is 5.97 Å². The third kappa shape index (κ3) is 21.4. The average molecular weight is 840 g/mol. The van der Waals surface area contributed by atoms with Crippen LogP contribution in [0.1, 0.15) is 180 Å². The van der Waals surface area contributed by atoms with E-state index < -0.39 is 41.9 Å². The molecular formula is C47H77N5O8. The van der Waals surface area contributed by atoms with E-state index in [1.54, 1.807) is 25.1 Å². The van der Waals surface area contributed by atoms with E-state index in [2.05, 4.69) is 33.2 Å². The molecule has 2 aliphatic heterocycles. The number of aromatic hydroxyl groups is 1. The highest BCUT2D eigenvalue weighted by Gasteiger charge is 2.31. The summed E-state index contributed by atoms with van der Waals surface area (Å²) in [5.74, 6) is -2.10. The molecule has 0 bridgehead atoms. The van der Waals surface area contributed by atoms with Crippen LogP contribution in [0.25, 0.3) is 0 Å². The maximum Gasteiger partial charge on any atom is 0.328 e. The number of benzene rings is 1. The molecule has 1 aromatic rings. The molecule has 0 radical (unpaired) electrons. The van der Waals surface area contributed by atoms with E-state index in [-0.39, 0.29) is 49.5 Å². The Morgan fingerprint density at radius 2 is 1.48 bits per heavy atom. The molecule has 0 aromatic heterocycles. The normalized spacial score (nSPS) is 17.6. The Kier molecular flexibility index (Phi) is 25.8. The summed E-state index contributed by atoms with van der Waals surface area (Å²) in [5.41, 5.74) is 0.433. The van der Waals surface area contributed by atoms with Crippen molar-refractivity contribution in [3.05, 3.63) is 29.8 Å². The first-order valence-electron chi connectivity index (χ1n) is 23.5. The number of nitrogens with one attached hydrogen (secondary N) is 4. The number of para-hydroxylation sites is 1. The molecule has 4 amide bonds. The molecule has 13 nitrogen and oxygen atoms in total. The second-order valence-electron chi connectivity index (χ2n) is 16.8. The number of ether oxygens (including phenoxy) is 2. The SMILES string of the molecule is CCCCCCCCCCCCCCCCCCCC(=O)NCCCCC(NC(=O)C1CN=C(c2ccccc2O)OC1)C(=O)OC(C)CC(=O)NC1CCCCNC1=O. The molecule has 1 aromatic carbocycles. The van der Waals surface area contributed by atoms with Crippen LogP contribution in [0, 0.1) is 5.92 Å². The van der Waals surface area contributed by atoms with Crippen molar-refractivity contribution < 1.29 is 38.6 Å². The Morgan fingerprint density at radius 3 is 2.10 bits per heavy atom. The van der Waals surface area contributed by atoms with Gasteiger partial charge in [-0.25, -0.2) is 4.79 Å². The van der Waals surface area contributed by atoms with Crippen LogP contribution < -0.4 is 21.3 Å². The predicted molar refractivity (Wildman–Crippen MR) is 235 cm³/mol. The van der Waals surface area contributed by atoms with Gasteiger partial charge in [0.15, 0.2) is 0 Å². The van der Waals surface area contributed by atoms with Crippen LogP contribution in [0.15, 0.2) is 29.3 Å². The van der Waals surface area contributed by atoms with E-state index >= 15 is 0 Å². The third-order valence-corrected chi connectivity index (χ3v) is 11.4. The topological polar surface area (TPSA) is 185 Å². The highest BCUT2D eigenvalue weighted by atomic mass is 16.5. The number of aliphatic imine (C=N–C) groups is 1. The first-order chi connectivity index (χ1) is 29.2. The van der Waals surface area contributed by atoms with Crippen molar-refractivity contribution in [1.29, 1.82) is 0 Å². The summed E-state index contributed by atoms with van der Waals surface area (Å²) in [7, 11) is 0. The molecule has 4 unspecified atom stereocenters. The van der Waals surface area contributed by atoms with Gasteiger partial charge in [0, 0.05) is 19.5 Å². The van der Waals surface area contributed by atoms with Crippen LogP contribution in [0.5, 0.6) is 5.75 Å². The molecule has 0 saturated carbocycles. The number of phenolic OH excluding ortho intramolecular Hbond substituents is 1. The van der Waals surface area contributed by atoms with Crippen LogP contribution in [-0.4, -0.2) is 85.0 Å². The lowest BCUT2D eigenvalue weighted by Gasteiger charge is -2.25. The molecule has 0 spiro atoms. The van der Waals surface area contributed by atoms with Gasteiger partial charge in [-0.1, -0.05) is 122 Å². The summed E-state index contributed by atoms with van der Waals surface area (Å²) in [5, 5.41) is 21.5. The zero-order chi connectivity index (χ0) is 43.2. The van der Waals surface area contributed by atoms with E-state index in [1.165, 1.54) is 96.0 Å². The first-order valence-corrected chi connectivity index (χ1v) is 23.5. The summed E-state index contributed by atoms with van der Waals surface area (Å²) < 4.78 is 11.4. The van der Waals surface area contributed by atoms with Crippen molar-refractivity contribution in [1.82, 2.24) is 21.3 Å². The number of nitrogens with zero attached hydrogens (tertiary/aromatic N) is 1. The summed E-state index contributed by atoms with van der Waals surface area (Å²) >= 11 is 0. The third-order valence-electron chi connectivity index (χ3n) is 11.4. The maximum atomic E-state index is 13.4. The standard InChI is InChI=1S/C47H77N5O8/c1-3-4-5-6-7-8-9-10-11-12-13-14-15-16-17-18-19-30-42(54)48-31-24-23-28-40(47(58)60-36(2)33-43(55)51-39-27-22-25-32-49-45(39)57)52-44(56)37-34-50-46(59-35-37)38-26-20-21-29-41(38)53/h20-21,26,29,36-37,39-40,53H,3-19,22-25,27-28,30-35H2,1-2H3,(H,48,54)(H,49,57)(H,51,55)(H,52,56). The van der Waals surface area contributed by atoms with E-state index in [9.17, 15) is 29.1 Å². The molecule has 2 aliphatic rings. The average Bonchev–Trinajstić information content (AvgIpc) is 3.44. The van der Waals surface area contributed by atoms with Crippen LogP contribution in [0.4, 0.5) is 0 Å². The maximum absolute atomic E-state index is 13.4. The predicted octanol–water partition coefficient (Wildman–Crippen LogP) is 7.70. The summed E-state index contributed by atoms with van der Waals surface area (Å²) in [6, 6.07) is 5.03. The molecule has 5 N–H and O–H groups in total. The number of phenols is 1. The van der Waals surface area contributed by atoms with Gasteiger partial charge in [-0.3, -0.25) is 24.2 Å². The van der Waals surface area contributed by atoms with Crippen molar-refractivity contribution in [2.75, 3.05) is 26.2 Å². The quantitative estimate of drug-likeness (QED) is 0.0372. The summed E-state index contributed by atoms with van der Waals surface area (Å²) in [4.78, 5) is 68.7. The molecule has 3 rings (SSSR count). The van der Waals surface area contributed by atoms with Gasteiger partial charge < -0.3 is 35.8 Å². The fourth-order valence-electron chi connectivity index (χ4n) is 7.70. The zero-order valence-corrected chi connectivity index (χ0v) is 36.9. The van der Waals surface area contributed by atoms with Gasteiger partial charge in [-0.2, -0.15) is 0 Å². The van der Waals surface area contributed by atoms with Crippen molar-refractivity contribution in [3.63, 3.8) is 0 Å². The largest absolute Gasteiger partial charge is 0.507 e. The zero-order valence-electron chi connectivity index (χ0n) is 36.9. The fraction of sp³-hybridized carbons (Fsp3) is 0.745. The molecular weight excluding hydrogens is 763 g/mol. The van der Waals surface area contributed by atoms with Gasteiger partial charge in [0.25, 0.3) is 0 Å².